The van der Waals surface area contributed by atoms with Gasteiger partial charge in [-0.25, -0.2) is 0 Å². The Morgan fingerprint density at radius 2 is 2.14 bits per heavy atom. The minimum Gasteiger partial charge on any atom is -0.508 e. The molecule has 0 saturated carbocycles. The summed E-state index contributed by atoms with van der Waals surface area (Å²) in [6, 6.07) is 6.38. The highest BCUT2D eigenvalue weighted by atomic mass is 16.3. The van der Waals surface area contributed by atoms with Gasteiger partial charge in [0.25, 0.3) is 0 Å². The van der Waals surface area contributed by atoms with Crippen molar-refractivity contribution in [3.8, 4) is 5.75 Å². The van der Waals surface area contributed by atoms with Gasteiger partial charge in [0.1, 0.15) is 5.75 Å². The summed E-state index contributed by atoms with van der Waals surface area (Å²) in [5, 5.41) is 11.1. The third-order valence-corrected chi connectivity index (χ3v) is 5.66. The Morgan fingerprint density at radius 3 is 2.91 bits per heavy atom. The van der Waals surface area contributed by atoms with Gasteiger partial charge in [-0.05, 0) is 48.4 Å². The molecule has 2 aliphatic heterocycles. The van der Waals surface area contributed by atoms with Crippen LogP contribution in [0.4, 0.5) is 0 Å². The summed E-state index contributed by atoms with van der Waals surface area (Å²) in [5.41, 5.74) is 4.06. The molecule has 3 nitrogen and oxygen atoms in total. The summed E-state index contributed by atoms with van der Waals surface area (Å²) < 4.78 is 0. The quantitative estimate of drug-likeness (QED) is 0.838. The summed E-state index contributed by atoms with van der Waals surface area (Å²) in [5.74, 6) is 2.39. The Bertz CT molecular complexity index is 703. The van der Waals surface area contributed by atoms with Crippen molar-refractivity contribution in [2.24, 2.45) is 11.8 Å². The monoisotopic (exact) mass is 298 g/mol. The fourth-order valence-corrected chi connectivity index (χ4v) is 4.94. The smallest absolute Gasteiger partial charge is 0.116 e. The summed E-state index contributed by atoms with van der Waals surface area (Å²) in [6.07, 6.45) is 2.36. The summed E-state index contributed by atoms with van der Waals surface area (Å²) >= 11 is 0. The molecule has 2 bridgehead atoms. The predicted molar refractivity (Wildman–Crippen MR) is 90.4 cm³/mol. The Labute approximate surface area is 132 Å². The van der Waals surface area contributed by atoms with Gasteiger partial charge < -0.3 is 10.1 Å². The van der Waals surface area contributed by atoms with E-state index in [9.17, 15) is 5.11 Å². The lowest BCUT2D eigenvalue weighted by Crippen LogP contribution is -2.49. The molecule has 2 N–H and O–H groups in total. The highest BCUT2D eigenvalue weighted by Crippen LogP contribution is 2.44. The zero-order valence-electron chi connectivity index (χ0n) is 13.8. The average Bonchev–Trinajstić information content (AvgIpc) is 2.77. The van der Waals surface area contributed by atoms with Crippen LogP contribution < -0.4 is 0 Å². The molecular weight excluding hydrogens is 272 g/mol. The van der Waals surface area contributed by atoms with Gasteiger partial charge in [0, 0.05) is 41.6 Å². The van der Waals surface area contributed by atoms with Crippen LogP contribution in [0.5, 0.6) is 5.75 Å². The first-order chi connectivity index (χ1) is 10.5. The third-order valence-electron chi connectivity index (χ3n) is 5.66. The Hall–Kier alpha value is -1.48. The van der Waals surface area contributed by atoms with Crippen LogP contribution in [0.1, 0.15) is 44.4 Å². The SMILES string of the molecule is CC(C)C1C2C[C@H](C)CN1CCc1c2[nH]c2ccc(O)cc12. The molecule has 3 heterocycles. The first-order valence-electron chi connectivity index (χ1n) is 8.62. The molecule has 0 radical (unpaired) electrons. The van der Waals surface area contributed by atoms with E-state index in [0.29, 0.717) is 23.6 Å². The van der Waals surface area contributed by atoms with Crippen molar-refractivity contribution in [2.45, 2.75) is 45.6 Å². The number of phenols is 1. The minimum absolute atomic E-state index is 0.371. The van der Waals surface area contributed by atoms with Crippen LogP contribution >= 0.6 is 0 Å². The van der Waals surface area contributed by atoms with Gasteiger partial charge in [0.05, 0.1) is 0 Å². The van der Waals surface area contributed by atoms with E-state index in [2.05, 4.69) is 30.7 Å². The van der Waals surface area contributed by atoms with Gasteiger partial charge in [-0.1, -0.05) is 20.8 Å². The van der Waals surface area contributed by atoms with Crippen molar-refractivity contribution in [3.05, 3.63) is 29.5 Å². The molecule has 2 aliphatic rings. The number of aromatic amines is 1. The van der Waals surface area contributed by atoms with Crippen LogP contribution in [-0.4, -0.2) is 34.1 Å². The number of nitrogens with zero attached hydrogens (tertiary/aromatic N) is 1. The topological polar surface area (TPSA) is 39.3 Å². The normalized spacial score (nSPS) is 31.3. The first-order valence-corrected chi connectivity index (χ1v) is 8.62. The molecule has 0 amide bonds. The number of piperidine rings is 1. The number of phenolic OH excluding ortho intramolecular Hbond substituents is 1. The molecule has 118 valence electrons. The molecule has 2 aromatic rings. The van der Waals surface area contributed by atoms with E-state index >= 15 is 0 Å². The predicted octanol–water partition coefficient (Wildman–Crippen LogP) is 3.88. The van der Waals surface area contributed by atoms with Gasteiger partial charge in [-0.2, -0.15) is 0 Å². The van der Waals surface area contributed by atoms with Crippen molar-refractivity contribution >= 4 is 10.9 Å². The van der Waals surface area contributed by atoms with E-state index in [0.717, 1.165) is 18.9 Å². The van der Waals surface area contributed by atoms with Gasteiger partial charge in [-0.3, -0.25) is 4.90 Å². The lowest BCUT2D eigenvalue weighted by Gasteiger charge is -2.44. The Morgan fingerprint density at radius 1 is 1.32 bits per heavy atom. The number of rotatable bonds is 1. The van der Waals surface area contributed by atoms with Crippen LogP contribution in [0.3, 0.4) is 0 Å². The zero-order valence-corrected chi connectivity index (χ0v) is 13.8. The second-order valence-corrected chi connectivity index (χ2v) is 7.67. The molecule has 1 aromatic heterocycles. The minimum atomic E-state index is 0.371. The molecule has 1 saturated heterocycles. The van der Waals surface area contributed by atoms with Gasteiger partial charge in [0.2, 0.25) is 0 Å². The molecule has 0 spiro atoms. The molecule has 4 rings (SSSR count). The number of H-pyrrole nitrogens is 1. The van der Waals surface area contributed by atoms with E-state index in [1.165, 1.54) is 35.1 Å². The van der Waals surface area contributed by atoms with E-state index in [1.807, 2.05) is 12.1 Å². The number of hydrogen-bond donors (Lipinski definition) is 2. The van der Waals surface area contributed by atoms with Crippen LogP contribution in [0.25, 0.3) is 10.9 Å². The Kier molecular flexibility index (Phi) is 3.23. The summed E-state index contributed by atoms with van der Waals surface area (Å²) in [6.45, 7) is 9.47. The van der Waals surface area contributed by atoms with Crippen molar-refractivity contribution in [3.63, 3.8) is 0 Å². The van der Waals surface area contributed by atoms with E-state index in [4.69, 9.17) is 0 Å². The maximum Gasteiger partial charge on any atom is 0.116 e. The molecular formula is C19H26N2O. The molecule has 0 aliphatic carbocycles. The zero-order chi connectivity index (χ0) is 15.4. The maximum absolute atomic E-state index is 9.87. The molecule has 3 heteroatoms. The van der Waals surface area contributed by atoms with E-state index in [1.54, 1.807) is 6.07 Å². The van der Waals surface area contributed by atoms with Crippen LogP contribution in [0.15, 0.2) is 18.2 Å². The number of nitrogens with one attached hydrogen (secondary N) is 1. The molecule has 1 fully saturated rings. The lowest BCUT2D eigenvalue weighted by atomic mass is 9.77. The fraction of sp³-hybridized carbons (Fsp3) is 0.579. The van der Waals surface area contributed by atoms with Crippen molar-refractivity contribution in [2.75, 3.05) is 13.1 Å². The second kappa shape index (κ2) is 5.02. The van der Waals surface area contributed by atoms with Gasteiger partial charge >= 0.3 is 0 Å². The highest BCUT2D eigenvalue weighted by molar-refractivity contribution is 5.86. The number of fused-ring (bicyclic) bond motifs is 6. The number of hydrogen-bond acceptors (Lipinski definition) is 2. The number of aromatic nitrogens is 1. The van der Waals surface area contributed by atoms with Crippen LogP contribution in [0, 0.1) is 11.8 Å². The van der Waals surface area contributed by atoms with Gasteiger partial charge in [0.15, 0.2) is 0 Å². The van der Waals surface area contributed by atoms with Crippen molar-refractivity contribution < 1.29 is 5.11 Å². The molecule has 3 unspecified atom stereocenters. The molecule has 4 atom stereocenters. The second-order valence-electron chi connectivity index (χ2n) is 7.67. The molecule has 1 aromatic carbocycles. The Balaban J connectivity index is 1.89. The van der Waals surface area contributed by atoms with Gasteiger partial charge in [-0.15, -0.1) is 0 Å². The lowest BCUT2D eigenvalue weighted by molar-refractivity contribution is 0.0689. The highest BCUT2D eigenvalue weighted by Gasteiger charge is 2.41. The first kappa shape index (κ1) is 14.1. The van der Waals surface area contributed by atoms with Crippen molar-refractivity contribution in [1.82, 2.24) is 9.88 Å². The maximum atomic E-state index is 9.87. The average molecular weight is 298 g/mol. The fourth-order valence-electron chi connectivity index (χ4n) is 4.94. The standard InChI is InChI=1S/C19H26N2O/c1-11(2)19-16-8-12(3)10-21(19)7-6-14-15-9-13(22)4-5-17(15)20-18(14)16/h4-5,9,11-12,16,19-20,22H,6-8,10H2,1-3H3/t12-,16?,19?/m0/s1. The third kappa shape index (κ3) is 2.06. The molecule has 22 heavy (non-hydrogen) atoms. The summed E-state index contributed by atoms with van der Waals surface area (Å²) in [7, 11) is 0. The number of aromatic hydroxyl groups is 1. The van der Waals surface area contributed by atoms with Crippen molar-refractivity contribution in [1.29, 1.82) is 0 Å². The van der Waals surface area contributed by atoms with E-state index in [-0.39, 0.29) is 0 Å². The van der Waals surface area contributed by atoms with Crippen LogP contribution in [-0.2, 0) is 6.42 Å². The van der Waals surface area contributed by atoms with E-state index < -0.39 is 0 Å². The summed E-state index contributed by atoms with van der Waals surface area (Å²) in [4.78, 5) is 6.42. The largest absolute Gasteiger partial charge is 0.508 e. The van der Waals surface area contributed by atoms with Crippen LogP contribution in [0.2, 0.25) is 0 Å². The number of benzene rings is 1.